The van der Waals surface area contributed by atoms with E-state index in [1.165, 1.54) is 0 Å². The van der Waals surface area contributed by atoms with Gasteiger partial charge in [0.1, 0.15) is 0 Å². The Hall–Kier alpha value is -1.11. The summed E-state index contributed by atoms with van der Waals surface area (Å²) in [5.41, 5.74) is 6.13. The predicted molar refractivity (Wildman–Crippen MR) is 39.8 cm³/mol. The SMILES string of the molecule is C=CCCONNC(=O)NN. The molecule has 64 valence electrons. The second-order valence-corrected chi connectivity index (χ2v) is 1.63. The van der Waals surface area contributed by atoms with E-state index >= 15 is 0 Å². The van der Waals surface area contributed by atoms with Gasteiger partial charge in [-0.05, 0) is 6.42 Å². The van der Waals surface area contributed by atoms with Crippen LogP contribution < -0.4 is 22.3 Å². The van der Waals surface area contributed by atoms with Gasteiger partial charge in [0.2, 0.25) is 0 Å². The molecule has 0 saturated carbocycles. The molecule has 0 fully saturated rings. The zero-order valence-electron chi connectivity index (χ0n) is 6.09. The van der Waals surface area contributed by atoms with Crippen LogP contribution in [0.25, 0.3) is 0 Å². The monoisotopic (exact) mass is 160 g/mol. The van der Waals surface area contributed by atoms with Gasteiger partial charge < -0.3 is 0 Å². The van der Waals surface area contributed by atoms with Gasteiger partial charge in [0, 0.05) is 0 Å². The number of hydrogen-bond donors (Lipinski definition) is 4. The summed E-state index contributed by atoms with van der Waals surface area (Å²) in [6.45, 7) is 3.92. The second kappa shape index (κ2) is 7.00. The normalized spacial score (nSPS) is 8.82. The fourth-order valence-corrected chi connectivity index (χ4v) is 0.312. The molecule has 2 amide bonds. The zero-order chi connectivity index (χ0) is 8.53. The van der Waals surface area contributed by atoms with E-state index in [-0.39, 0.29) is 0 Å². The van der Waals surface area contributed by atoms with Gasteiger partial charge in [-0.15, -0.1) is 12.2 Å². The molecule has 0 aliphatic rings. The van der Waals surface area contributed by atoms with Crippen LogP contribution in [0, 0.1) is 0 Å². The summed E-state index contributed by atoms with van der Waals surface area (Å²) in [7, 11) is 0. The van der Waals surface area contributed by atoms with E-state index in [0.717, 1.165) is 0 Å². The molecule has 0 heterocycles. The first kappa shape index (κ1) is 9.89. The molecule has 0 aromatic rings. The van der Waals surface area contributed by atoms with E-state index in [1.807, 2.05) is 5.43 Å². The molecule has 0 spiro atoms. The van der Waals surface area contributed by atoms with Gasteiger partial charge in [0.05, 0.1) is 6.61 Å². The van der Waals surface area contributed by atoms with E-state index in [9.17, 15) is 4.79 Å². The molecule has 6 nitrogen and oxygen atoms in total. The number of nitrogens with one attached hydrogen (secondary N) is 3. The first-order valence-electron chi connectivity index (χ1n) is 3.05. The fourth-order valence-electron chi connectivity index (χ4n) is 0.312. The molecule has 0 aliphatic carbocycles. The Bertz CT molecular complexity index is 128. The molecule has 0 radical (unpaired) electrons. The van der Waals surface area contributed by atoms with E-state index in [4.69, 9.17) is 10.7 Å². The van der Waals surface area contributed by atoms with Crippen molar-refractivity contribution >= 4 is 6.03 Å². The third-order valence-electron chi connectivity index (χ3n) is 0.792. The maximum absolute atomic E-state index is 10.3. The highest BCUT2D eigenvalue weighted by atomic mass is 16.7. The average molecular weight is 160 g/mol. The van der Waals surface area contributed by atoms with Crippen molar-refractivity contribution in [1.29, 1.82) is 0 Å². The minimum Gasteiger partial charge on any atom is -0.282 e. The molecule has 0 aromatic carbocycles. The Morgan fingerprint density at radius 1 is 1.73 bits per heavy atom. The van der Waals surface area contributed by atoms with Crippen molar-refractivity contribution in [1.82, 2.24) is 16.4 Å². The van der Waals surface area contributed by atoms with E-state index in [0.29, 0.717) is 13.0 Å². The van der Waals surface area contributed by atoms with Gasteiger partial charge in [-0.1, -0.05) is 6.08 Å². The molecule has 5 N–H and O–H groups in total. The van der Waals surface area contributed by atoms with Crippen LogP contribution in [0.2, 0.25) is 0 Å². The first-order valence-corrected chi connectivity index (χ1v) is 3.05. The van der Waals surface area contributed by atoms with Crippen molar-refractivity contribution in [2.75, 3.05) is 6.61 Å². The van der Waals surface area contributed by atoms with Crippen LogP contribution in [0.4, 0.5) is 4.79 Å². The number of urea groups is 1. The number of carbonyl (C=O) groups is 1. The number of hydrazine groups is 2. The van der Waals surface area contributed by atoms with Crippen molar-refractivity contribution in [2.45, 2.75) is 6.42 Å². The summed E-state index contributed by atoms with van der Waals surface area (Å²) in [4.78, 5) is 15.0. The largest absolute Gasteiger partial charge is 0.345 e. The lowest BCUT2D eigenvalue weighted by molar-refractivity contribution is 0.0221. The lowest BCUT2D eigenvalue weighted by atomic mass is 10.5. The van der Waals surface area contributed by atoms with Crippen molar-refractivity contribution in [3.8, 4) is 0 Å². The molecule has 6 heteroatoms. The fraction of sp³-hybridized carbons (Fsp3) is 0.400. The quantitative estimate of drug-likeness (QED) is 0.139. The minimum atomic E-state index is -0.566. The maximum Gasteiger partial charge on any atom is 0.345 e. The molecule has 11 heavy (non-hydrogen) atoms. The highest BCUT2D eigenvalue weighted by Crippen LogP contribution is 1.76. The maximum atomic E-state index is 10.3. The summed E-state index contributed by atoms with van der Waals surface area (Å²) in [5, 5.41) is 0. The Morgan fingerprint density at radius 3 is 3.00 bits per heavy atom. The van der Waals surface area contributed by atoms with Gasteiger partial charge in [-0.3, -0.25) is 10.3 Å². The number of rotatable bonds is 5. The Morgan fingerprint density at radius 2 is 2.45 bits per heavy atom. The summed E-state index contributed by atoms with van der Waals surface area (Å²) in [6.07, 6.45) is 2.41. The van der Waals surface area contributed by atoms with Crippen LogP contribution in [-0.2, 0) is 4.84 Å². The Labute approximate surface area is 64.7 Å². The predicted octanol–water partition coefficient (Wildman–Crippen LogP) is -0.828. The van der Waals surface area contributed by atoms with Crippen LogP contribution in [-0.4, -0.2) is 12.6 Å². The Balaban J connectivity index is 3.01. The number of amides is 2. The van der Waals surface area contributed by atoms with Crippen LogP contribution in [0.5, 0.6) is 0 Å². The van der Waals surface area contributed by atoms with Gasteiger partial charge in [-0.2, -0.15) is 0 Å². The Kier molecular flexibility index (Phi) is 6.30. The van der Waals surface area contributed by atoms with E-state index < -0.39 is 6.03 Å². The highest BCUT2D eigenvalue weighted by Gasteiger charge is 1.91. The third kappa shape index (κ3) is 6.78. The van der Waals surface area contributed by atoms with Crippen LogP contribution >= 0.6 is 0 Å². The zero-order valence-corrected chi connectivity index (χ0v) is 6.09. The molecule has 0 saturated heterocycles. The highest BCUT2D eigenvalue weighted by molar-refractivity contribution is 5.72. The first-order chi connectivity index (χ1) is 5.31. The molecule has 0 bridgehead atoms. The van der Waals surface area contributed by atoms with E-state index in [1.54, 1.807) is 6.08 Å². The summed E-state index contributed by atoms with van der Waals surface area (Å²) in [6, 6.07) is -0.566. The van der Waals surface area contributed by atoms with Crippen LogP contribution in [0.15, 0.2) is 12.7 Å². The second-order valence-electron chi connectivity index (χ2n) is 1.63. The molecular weight excluding hydrogens is 148 g/mol. The summed E-state index contributed by atoms with van der Waals surface area (Å²) < 4.78 is 0. The van der Waals surface area contributed by atoms with Crippen molar-refractivity contribution in [3.63, 3.8) is 0 Å². The molecule has 0 aliphatic heterocycles. The summed E-state index contributed by atoms with van der Waals surface area (Å²) in [5.74, 6) is 4.74. The average Bonchev–Trinajstić information content (AvgIpc) is 2.04. The van der Waals surface area contributed by atoms with Gasteiger partial charge in [0.15, 0.2) is 0 Å². The van der Waals surface area contributed by atoms with Gasteiger partial charge >= 0.3 is 6.03 Å². The van der Waals surface area contributed by atoms with Gasteiger partial charge in [0.25, 0.3) is 0 Å². The lowest BCUT2D eigenvalue weighted by Gasteiger charge is -2.04. The van der Waals surface area contributed by atoms with Gasteiger partial charge in [-0.25, -0.2) is 16.1 Å². The topological polar surface area (TPSA) is 88.4 Å². The van der Waals surface area contributed by atoms with Crippen LogP contribution in [0.3, 0.4) is 0 Å². The smallest absolute Gasteiger partial charge is 0.282 e. The summed E-state index contributed by atoms with van der Waals surface area (Å²) >= 11 is 0. The number of carbonyl (C=O) groups excluding carboxylic acids is 1. The van der Waals surface area contributed by atoms with E-state index in [2.05, 4.69) is 17.6 Å². The standard InChI is InChI=1S/C5H12N4O2/c1-2-3-4-11-9-8-5(10)7-6/h2,9H,1,3-4,6H2,(H2,7,8,10). The molecular formula is C5H12N4O2. The lowest BCUT2D eigenvalue weighted by Crippen LogP contribution is -2.46. The van der Waals surface area contributed by atoms with Crippen molar-refractivity contribution in [2.24, 2.45) is 5.84 Å². The molecule has 0 unspecified atom stereocenters. The molecule has 0 aromatic heterocycles. The third-order valence-corrected chi connectivity index (χ3v) is 0.792. The van der Waals surface area contributed by atoms with Crippen molar-refractivity contribution in [3.05, 3.63) is 12.7 Å². The number of nitrogens with two attached hydrogens (primary N) is 1. The minimum absolute atomic E-state index is 0.439. The van der Waals surface area contributed by atoms with Crippen molar-refractivity contribution < 1.29 is 9.63 Å². The number of hydrogen-bond acceptors (Lipinski definition) is 4. The molecule has 0 rings (SSSR count). The molecule has 0 atom stereocenters. The van der Waals surface area contributed by atoms with Crippen LogP contribution in [0.1, 0.15) is 6.42 Å².